The molecule has 116 valence electrons. The molecule has 0 aliphatic carbocycles. The highest BCUT2D eigenvalue weighted by molar-refractivity contribution is 5.78. The van der Waals surface area contributed by atoms with Crippen LogP contribution in [0.5, 0.6) is 0 Å². The standard InChI is InChI=1S/C18H27NO2/c1-5-13-10-17(21)19(11-13)12-16(20)14-6-8-15(9-7-14)18(2,3)4/h6-9,13,16,20H,5,10-12H2,1-4H3. The molecule has 21 heavy (non-hydrogen) atoms. The lowest BCUT2D eigenvalue weighted by atomic mass is 9.86. The topological polar surface area (TPSA) is 40.5 Å². The molecule has 0 spiro atoms. The molecule has 0 radical (unpaired) electrons. The molecule has 1 aromatic rings. The molecule has 1 saturated heterocycles. The highest BCUT2D eigenvalue weighted by Gasteiger charge is 2.29. The van der Waals surface area contributed by atoms with Gasteiger partial charge in [0, 0.05) is 13.0 Å². The maximum absolute atomic E-state index is 11.9. The van der Waals surface area contributed by atoms with E-state index in [1.165, 1.54) is 5.56 Å². The maximum atomic E-state index is 11.9. The second-order valence-corrected chi connectivity index (χ2v) is 7.16. The van der Waals surface area contributed by atoms with Gasteiger partial charge in [0.05, 0.1) is 12.6 Å². The van der Waals surface area contributed by atoms with Crippen LogP contribution < -0.4 is 0 Å². The Morgan fingerprint density at radius 2 is 1.90 bits per heavy atom. The number of benzene rings is 1. The smallest absolute Gasteiger partial charge is 0.223 e. The third kappa shape index (κ3) is 3.85. The molecule has 2 unspecified atom stereocenters. The van der Waals surface area contributed by atoms with Crippen molar-refractivity contribution in [2.24, 2.45) is 5.92 Å². The first-order valence-corrected chi connectivity index (χ1v) is 7.87. The molecule has 1 amide bonds. The molecule has 1 aromatic carbocycles. The minimum atomic E-state index is -0.599. The van der Waals surface area contributed by atoms with E-state index in [0.717, 1.165) is 18.5 Å². The fourth-order valence-electron chi connectivity index (χ4n) is 2.82. The summed E-state index contributed by atoms with van der Waals surface area (Å²) in [6.45, 7) is 9.82. The van der Waals surface area contributed by atoms with Crippen LogP contribution in [0.2, 0.25) is 0 Å². The number of aliphatic hydroxyl groups excluding tert-OH is 1. The molecule has 0 saturated carbocycles. The third-order valence-electron chi connectivity index (χ3n) is 4.43. The molecule has 3 nitrogen and oxygen atoms in total. The minimum Gasteiger partial charge on any atom is -0.387 e. The van der Waals surface area contributed by atoms with Crippen LogP contribution in [0.1, 0.15) is 57.8 Å². The first-order chi connectivity index (χ1) is 9.81. The van der Waals surface area contributed by atoms with Crippen LogP contribution in [0.25, 0.3) is 0 Å². The lowest BCUT2D eigenvalue weighted by Gasteiger charge is -2.22. The number of carbonyl (C=O) groups excluding carboxylic acids is 1. The molecule has 1 aliphatic rings. The molecule has 2 rings (SSSR count). The number of nitrogens with zero attached hydrogens (tertiary/aromatic N) is 1. The Labute approximate surface area is 128 Å². The van der Waals surface area contributed by atoms with Crippen LogP contribution in [0.4, 0.5) is 0 Å². The second-order valence-electron chi connectivity index (χ2n) is 7.16. The van der Waals surface area contributed by atoms with Gasteiger partial charge in [0.1, 0.15) is 0 Å². The van der Waals surface area contributed by atoms with Gasteiger partial charge in [-0.15, -0.1) is 0 Å². The fraction of sp³-hybridized carbons (Fsp3) is 0.611. The van der Waals surface area contributed by atoms with Crippen LogP contribution in [0, 0.1) is 5.92 Å². The minimum absolute atomic E-state index is 0.114. The Kier molecular flexibility index (Phi) is 4.72. The predicted octanol–water partition coefficient (Wildman–Crippen LogP) is 3.28. The van der Waals surface area contributed by atoms with Crippen LogP contribution in [-0.4, -0.2) is 29.0 Å². The second kappa shape index (κ2) is 6.18. The van der Waals surface area contributed by atoms with E-state index < -0.39 is 6.10 Å². The van der Waals surface area contributed by atoms with Crippen molar-refractivity contribution in [3.8, 4) is 0 Å². The Morgan fingerprint density at radius 1 is 1.29 bits per heavy atom. The van der Waals surface area contributed by atoms with Crippen LogP contribution in [0.3, 0.4) is 0 Å². The van der Waals surface area contributed by atoms with E-state index in [-0.39, 0.29) is 11.3 Å². The Bertz CT molecular complexity index is 487. The first kappa shape index (κ1) is 16.0. The van der Waals surface area contributed by atoms with Crippen molar-refractivity contribution in [3.63, 3.8) is 0 Å². The predicted molar refractivity (Wildman–Crippen MR) is 85.1 cm³/mol. The van der Waals surface area contributed by atoms with Crippen molar-refractivity contribution in [2.75, 3.05) is 13.1 Å². The fourth-order valence-corrected chi connectivity index (χ4v) is 2.82. The largest absolute Gasteiger partial charge is 0.387 e. The van der Waals surface area contributed by atoms with E-state index in [1.54, 1.807) is 4.90 Å². The molecular formula is C18H27NO2. The van der Waals surface area contributed by atoms with E-state index in [2.05, 4.69) is 39.8 Å². The summed E-state index contributed by atoms with van der Waals surface area (Å²) in [5.41, 5.74) is 2.25. The summed E-state index contributed by atoms with van der Waals surface area (Å²) in [4.78, 5) is 13.7. The number of amides is 1. The molecule has 1 aliphatic heterocycles. The van der Waals surface area contributed by atoms with Crippen molar-refractivity contribution in [1.29, 1.82) is 0 Å². The zero-order valence-electron chi connectivity index (χ0n) is 13.6. The van der Waals surface area contributed by atoms with Gasteiger partial charge in [0.15, 0.2) is 0 Å². The van der Waals surface area contributed by atoms with E-state index in [9.17, 15) is 9.90 Å². The number of aliphatic hydroxyl groups is 1. The van der Waals surface area contributed by atoms with Crippen LogP contribution in [0.15, 0.2) is 24.3 Å². The summed E-state index contributed by atoms with van der Waals surface area (Å²) in [7, 11) is 0. The number of rotatable bonds is 4. The van der Waals surface area contributed by atoms with Crippen molar-refractivity contribution < 1.29 is 9.90 Å². The summed E-state index contributed by atoms with van der Waals surface area (Å²) < 4.78 is 0. The zero-order chi connectivity index (χ0) is 15.6. The summed E-state index contributed by atoms with van der Waals surface area (Å²) >= 11 is 0. The third-order valence-corrected chi connectivity index (χ3v) is 4.43. The van der Waals surface area contributed by atoms with E-state index in [0.29, 0.717) is 18.9 Å². The average Bonchev–Trinajstić information content (AvgIpc) is 2.78. The number of hydrogen-bond donors (Lipinski definition) is 1. The Hall–Kier alpha value is -1.35. The Morgan fingerprint density at radius 3 is 2.38 bits per heavy atom. The molecule has 0 bridgehead atoms. The highest BCUT2D eigenvalue weighted by Crippen LogP contribution is 2.26. The van der Waals surface area contributed by atoms with Crippen molar-refractivity contribution in [2.45, 2.75) is 52.1 Å². The van der Waals surface area contributed by atoms with Gasteiger partial charge < -0.3 is 10.0 Å². The van der Waals surface area contributed by atoms with Gasteiger partial charge in [-0.1, -0.05) is 58.4 Å². The number of carbonyl (C=O) groups is 1. The molecule has 2 atom stereocenters. The van der Waals surface area contributed by atoms with Gasteiger partial charge in [-0.05, 0) is 22.5 Å². The quantitative estimate of drug-likeness (QED) is 0.924. The van der Waals surface area contributed by atoms with Gasteiger partial charge in [-0.3, -0.25) is 4.79 Å². The van der Waals surface area contributed by atoms with Gasteiger partial charge in [-0.25, -0.2) is 0 Å². The van der Waals surface area contributed by atoms with Gasteiger partial charge in [0.25, 0.3) is 0 Å². The van der Waals surface area contributed by atoms with Gasteiger partial charge >= 0.3 is 0 Å². The lowest BCUT2D eigenvalue weighted by Crippen LogP contribution is -2.30. The maximum Gasteiger partial charge on any atom is 0.223 e. The zero-order valence-corrected chi connectivity index (χ0v) is 13.6. The SMILES string of the molecule is CCC1CC(=O)N(CC(O)c2ccc(C(C)(C)C)cc2)C1. The number of β-amino-alcohol motifs (C(OH)–C–C–N with tert-alkyl or cyclic N) is 1. The number of likely N-dealkylation sites (tertiary alicyclic amines) is 1. The summed E-state index contributed by atoms with van der Waals surface area (Å²) in [6.07, 6.45) is 1.06. The monoisotopic (exact) mass is 289 g/mol. The van der Waals surface area contributed by atoms with Gasteiger partial charge in [-0.2, -0.15) is 0 Å². The van der Waals surface area contributed by atoms with E-state index >= 15 is 0 Å². The molecule has 3 heteroatoms. The van der Waals surface area contributed by atoms with Crippen LogP contribution >= 0.6 is 0 Å². The lowest BCUT2D eigenvalue weighted by molar-refractivity contribution is -0.129. The molecule has 1 fully saturated rings. The summed E-state index contributed by atoms with van der Waals surface area (Å²) in [5, 5.41) is 10.4. The average molecular weight is 289 g/mol. The van der Waals surface area contributed by atoms with E-state index in [4.69, 9.17) is 0 Å². The summed E-state index contributed by atoms with van der Waals surface area (Å²) in [5.74, 6) is 0.625. The highest BCUT2D eigenvalue weighted by atomic mass is 16.3. The normalized spacial score (nSPS) is 20.9. The molecular weight excluding hydrogens is 262 g/mol. The molecule has 1 N–H and O–H groups in total. The van der Waals surface area contributed by atoms with Crippen LogP contribution in [-0.2, 0) is 10.2 Å². The van der Waals surface area contributed by atoms with Gasteiger partial charge in [0.2, 0.25) is 5.91 Å². The van der Waals surface area contributed by atoms with Crippen molar-refractivity contribution in [1.82, 2.24) is 4.90 Å². The first-order valence-electron chi connectivity index (χ1n) is 7.87. The molecule has 1 heterocycles. The number of hydrogen-bond acceptors (Lipinski definition) is 2. The van der Waals surface area contributed by atoms with E-state index in [1.807, 2.05) is 12.1 Å². The van der Waals surface area contributed by atoms with Crippen molar-refractivity contribution in [3.05, 3.63) is 35.4 Å². The Balaban J connectivity index is 2.01. The van der Waals surface area contributed by atoms with Crippen molar-refractivity contribution >= 4 is 5.91 Å². The molecule has 0 aromatic heterocycles. The summed E-state index contributed by atoms with van der Waals surface area (Å²) in [6, 6.07) is 8.09.